The first-order valence-electron chi connectivity index (χ1n) is 22.4. The van der Waals surface area contributed by atoms with E-state index >= 15 is 0 Å². The van der Waals surface area contributed by atoms with Gasteiger partial charge in [-0.05, 0) is 111 Å². The summed E-state index contributed by atoms with van der Waals surface area (Å²) >= 11 is 3.47. The highest BCUT2D eigenvalue weighted by atomic mass is 79.9. The van der Waals surface area contributed by atoms with Gasteiger partial charge in [0, 0.05) is 36.3 Å². The molecule has 4 fully saturated rings. The Morgan fingerprint density at radius 1 is 0.726 bits per heavy atom. The smallest absolute Gasteiger partial charge is 0.326 e. The summed E-state index contributed by atoms with van der Waals surface area (Å²) in [5, 5.41) is 22.1. The number of carbonyl (C=O) groups is 6. The molecule has 14 heteroatoms. The first-order chi connectivity index (χ1) is 30.0. The molecule has 330 valence electrons. The first kappa shape index (κ1) is 45.0. The monoisotopic (exact) mass is 910 g/mol. The van der Waals surface area contributed by atoms with E-state index in [9.17, 15) is 33.9 Å². The Hall–Kier alpha value is -5.08. The zero-order chi connectivity index (χ0) is 43.6. The molecule has 1 aliphatic carbocycles. The lowest BCUT2D eigenvalue weighted by molar-refractivity contribution is -0.145. The van der Waals surface area contributed by atoms with Crippen LogP contribution in [-0.4, -0.2) is 107 Å². The van der Waals surface area contributed by atoms with Crippen LogP contribution in [0.4, 0.5) is 0 Å². The molecule has 1 saturated carbocycles. The molecule has 5 N–H and O–H groups in total. The molecule has 3 aliphatic heterocycles. The molecule has 4 aliphatic rings. The van der Waals surface area contributed by atoms with E-state index in [2.05, 4.69) is 37.2 Å². The fourth-order valence-corrected chi connectivity index (χ4v) is 10.2. The highest BCUT2D eigenvalue weighted by Crippen LogP contribution is 2.40. The topological polar surface area (TPSA) is 177 Å². The SMILES string of the molecule is O=C(CCC1CCNCC1)NCC(=O)N1[C@H](C(=O)N[C@@H](Cc2ccc(Br)cc2)C(=O)N2CCC[C@H]2C(=O)N[C@H](Cc2ccc(-c3ccccc3)cc2)C(=O)O)C[C@@H]2CCCC[C@@H]21. The predicted octanol–water partition coefficient (Wildman–Crippen LogP) is 5.00. The minimum absolute atomic E-state index is 0.0553. The molecule has 3 aromatic rings. The van der Waals surface area contributed by atoms with Crippen LogP contribution in [0.2, 0.25) is 0 Å². The molecule has 3 saturated heterocycles. The van der Waals surface area contributed by atoms with Gasteiger partial charge in [0.25, 0.3) is 0 Å². The predicted molar refractivity (Wildman–Crippen MR) is 238 cm³/mol. The second kappa shape index (κ2) is 21.3. The van der Waals surface area contributed by atoms with Gasteiger partial charge in [0.05, 0.1) is 6.54 Å². The number of benzene rings is 3. The van der Waals surface area contributed by atoms with Crippen molar-refractivity contribution in [3.05, 3.63) is 94.5 Å². The second-order valence-corrected chi connectivity index (χ2v) is 18.3. The number of carboxylic acids is 1. The number of halogens is 1. The Labute approximate surface area is 372 Å². The Balaban J connectivity index is 1.03. The van der Waals surface area contributed by atoms with Gasteiger partial charge in [0.1, 0.15) is 24.2 Å². The standard InChI is InChI=1S/C48H59BrN6O7/c49-37-19-14-33(15-20-37)27-38(52-46(59)42-29-36-9-4-5-10-40(36)55(42)44(57)30-51-43(56)21-16-31-22-24-50-25-23-31)47(60)54-26-6-11-41(54)45(58)53-39(48(61)62)28-32-12-17-35(18-13-32)34-7-2-1-3-8-34/h1-3,7-8,12-15,17-20,31,36,38-42,50H,4-6,9-11,16,21-30H2,(H,51,56)(H,52,59)(H,53,58)(H,61,62)/t36-,38-,39+,40-,41-,42-/m0/s1. The average molecular weight is 912 g/mol. The quantitative estimate of drug-likeness (QED) is 0.133. The largest absolute Gasteiger partial charge is 0.480 e. The number of rotatable bonds is 16. The zero-order valence-electron chi connectivity index (χ0n) is 35.2. The third-order valence-corrected chi connectivity index (χ3v) is 13.8. The van der Waals surface area contributed by atoms with Crippen molar-refractivity contribution >= 4 is 51.4 Å². The molecule has 0 spiro atoms. The number of nitrogens with zero attached hydrogens (tertiary/aromatic N) is 2. The van der Waals surface area contributed by atoms with Crippen LogP contribution in [0.25, 0.3) is 11.1 Å². The van der Waals surface area contributed by atoms with Gasteiger partial charge < -0.3 is 36.2 Å². The Morgan fingerprint density at radius 2 is 1.35 bits per heavy atom. The fraction of sp³-hybridized carbons (Fsp3) is 0.500. The molecule has 3 heterocycles. The van der Waals surface area contributed by atoms with E-state index in [1.54, 1.807) is 4.90 Å². The number of carboxylic acid groups (broad SMARTS) is 1. The van der Waals surface area contributed by atoms with Crippen molar-refractivity contribution in [3.8, 4) is 11.1 Å². The van der Waals surface area contributed by atoms with E-state index in [-0.39, 0.29) is 49.7 Å². The third kappa shape index (κ3) is 11.5. The van der Waals surface area contributed by atoms with Crippen molar-refractivity contribution < 1.29 is 33.9 Å². The van der Waals surface area contributed by atoms with Crippen molar-refractivity contribution in [1.82, 2.24) is 31.1 Å². The van der Waals surface area contributed by atoms with Crippen molar-refractivity contribution in [2.45, 2.75) is 114 Å². The van der Waals surface area contributed by atoms with Gasteiger partial charge in [-0.1, -0.05) is 95.5 Å². The number of fused-ring (bicyclic) bond motifs is 1. The molecule has 0 radical (unpaired) electrons. The number of aliphatic carboxylic acids is 1. The molecule has 13 nitrogen and oxygen atoms in total. The van der Waals surface area contributed by atoms with Gasteiger partial charge in [-0.2, -0.15) is 0 Å². The maximum atomic E-state index is 14.6. The lowest BCUT2D eigenvalue weighted by Crippen LogP contribution is -2.58. The Morgan fingerprint density at radius 3 is 2.06 bits per heavy atom. The summed E-state index contributed by atoms with van der Waals surface area (Å²) < 4.78 is 0.852. The summed E-state index contributed by atoms with van der Waals surface area (Å²) in [4.78, 5) is 85.5. The summed E-state index contributed by atoms with van der Waals surface area (Å²) in [6.45, 7) is 1.97. The number of amides is 5. The number of hydrogen-bond acceptors (Lipinski definition) is 7. The van der Waals surface area contributed by atoms with E-state index in [1.807, 2.05) is 78.9 Å². The number of hydrogen-bond donors (Lipinski definition) is 5. The normalized spacial score (nSPS) is 22.3. The molecule has 0 bridgehead atoms. The summed E-state index contributed by atoms with van der Waals surface area (Å²) in [6, 6.07) is 20.7. The zero-order valence-corrected chi connectivity index (χ0v) is 36.8. The molecule has 0 aromatic heterocycles. The van der Waals surface area contributed by atoms with Crippen LogP contribution in [-0.2, 0) is 41.6 Å². The lowest BCUT2D eigenvalue weighted by atomic mass is 9.84. The van der Waals surface area contributed by atoms with Gasteiger partial charge in [-0.25, -0.2) is 4.79 Å². The van der Waals surface area contributed by atoms with E-state index < -0.39 is 47.9 Å². The van der Waals surface area contributed by atoms with Crippen LogP contribution in [0.5, 0.6) is 0 Å². The van der Waals surface area contributed by atoms with E-state index in [0.29, 0.717) is 31.6 Å². The summed E-state index contributed by atoms with van der Waals surface area (Å²) in [7, 11) is 0. The van der Waals surface area contributed by atoms with Crippen molar-refractivity contribution in [2.24, 2.45) is 11.8 Å². The molecular weight excluding hydrogens is 852 g/mol. The van der Waals surface area contributed by atoms with Gasteiger partial charge in [0.15, 0.2) is 0 Å². The minimum Gasteiger partial charge on any atom is -0.480 e. The van der Waals surface area contributed by atoms with Crippen molar-refractivity contribution in [2.75, 3.05) is 26.2 Å². The van der Waals surface area contributed by atoms with Gasteiger partial charge in [0.2, 0.25) is 29.5 Å². The lowest BCUT2D eigenvalue weighted by Gasteiger charge is -2.34. The molecule has 0 unspecified atom stereocenters. The molecule has 3 aromatic carbocycles. The summed E-state index contributed by atoms with van der Waals surface area (Å²) in [5.74, 6) is -2.49. The molecular formula is C48H59BrN6O7. The maximum Gasteiger partial charge on any atom is 0.326 e. The molecule has 6 atom stereocenters. The number of piperidine rings is 1. The van der Waals surface area contributed by atoms with Gasteiger partial charge in [-0.15, -0.1) is 0 Å². The van der Waals surface area contributed by atoms with Crippen LogP contribution < -0.4 is 21.3 Å². The molecule has 5 amide bonds. The van der Waals surface area contributed by atoms with Crippen LogP contribution in [0.15, 0.2) is 83.3 Å². The maximum absolute atomic E-state index is 14.6. The van der Waals surface area contributed by atoms with Crippen LogP contribution in [0, 0.1) is 11.8 Å². The van der Waals surface area contributed by atoms with Crippen LogP contribution in [0.1, 0.15) is 81.8 Å². The third-order valence-electron chi connectivity index (χ3n) is 13.3. The highest BCUT2D eigenvalue weighted by Gasteiger charge is 2.48. The van der Waals surface area contributed by atoms with E-state index in [4.69, 9.17) is 0 Å². The molecule has 7 rings (SSSR count). The Bertz CT molecular complexity index is 2040. The van der Waals surface area contributed by atoms with Crippen LogP contribution >= 0.6 is 15.9 Å². The second-order valence-electron chi connectivity index (χ2n) is 17.4. The van der Waals surface area contributed by atoms with E-state index in [1.165, 1.54) is 4.90 Å². The van der Waals surface area contributed by atoms with Crippen molar-refractivity contribution in [1.29, 1.82) is 0 Å². The van der Waals surface area contributed by atoms with Gasteiger partial charge >= 0.3 is 5.97 Å². The highest BCUT2D eigenvalue weighted by molar-refractivity contribution is 9.10. The molecule has 62 heavy (non-hydrogen) atoms. The number of nitrogens with one attached hydrogen (secondary N) is 4. The fourth-order valence-electron chi connectivity index (χ4n) is 9.91. The number of likely N-dealkylation sites (tertiary alicyclic amines) is 2. The summed E-state index contributed by atoms with van der Waals surface area (Å²) in [6.07, 6.45) is 8.33. The first-order valence-corrected chi connectivity index (χ1v) is 23.1. The van der Waals surface area contributed by atoms with Crippen molar-refractivity contribution in [3.63, 3.8) is 0 Å². The van der Waals surface area contributed by atoms with Crippen LogP contribution in [0.3, 0.4) is 0 Å². The average Bonchev–Trinajstić information content (AvgIpc) is 3.95. The Kier molecular flexibility index (Phi) is 15.5. The summed E-state index contributed by atoms with van der Waals surface area (Å²) in [5.41, 5.74) is 3.55. The number of carbonyl (C=O) groups excluding carboxylic acids is 5. The minimum atomic E-state index is -1.23. The van der Waals surface area contributed by atoms with Gasteiger partial charge in [-0.3, -0.25) is 24.0 Å². The van der Waals surface area contributed by atoms with E-state index in [0.717, 1.165) is 84.8 Å².